The van der Waals surface area contributed by atoms with Gasteiger partial charge in [-0.25, -0.2) is 28.4 Å². The lowest BCUT2D eigenvalue weighted by molar-refractivity contribution is 0.597. The van der Waals surface area contributed by atoms with Crippen LogP contribution in [0, 0.1) is 0 Å². The predicted octanol–water partition coefficient (Wildman–Crippen LogP) is 17.2. The summed E-state index contributed by atoms with van der Waals surface area (Å²) >= 11 is 3.19. The zero-order valence-corrected chi connectivity index (χ0v) is 45.0. The Morgan fingerprint density at radius 2 is 0.605 bits per heavy atom. The number of para-hydroxylation sites is 4. The van der Waals surface area contributed by atoms with E-state index >= 15 is 8.42 Å². The van der Waals surface area contributed by atoms with Crippen molar-refractivity contribution in [2.75, 3.05) is 0 Å². The number of hydrogen-bond donors (Lipinski definition) is 0. The van der Waals surface area contributed by atoms with Gasteiger partial charge in [0.2, 0.25) is 9.84 Å². The Morgan fingerprint density at radius 1 is 0.296 bits per heavy atom. The average Bonchev–Trinajstić information content (AvgIpc) is 3.98. The molecule has 0 saturated carbocycles. The molecule has 0 spiro atoms. The monoisotopic (exact) mass is 1090 g/mol. The van der Waals surface area contributed by atoms with Crippen molar-refractivity contribution in [3.8, 4) is 22.7 Å². The van der Waals surface area contributed by atoms with Crippen LogP contribution in [0.2, 0.25) is 0 Å². The molecular weight excluding hydrogens is 1060 g/mol. The number of thiophene rings is 2. The van der Waals surface area contributed by atoms with Crippen LogP contribution in [0.1, 0.15) is 0 Å². The van der Waals surface area contributed by atoms with Crippen molar-refractivity contribution in [3.63, 3.8) is 0 Å². The average molecular weight is 1100 g/mol. The third-order valence-electron chi connectivity index (χ3n) is 16.4. The molecule has 18 aromatic rings. The number of sulfone groups is 1. The minimum Gasteiger partial charge on any atom is -0.294 e. The molecule has 0 unspecified atom stereocenters. The molecule has 18 rings (SSSR count). The Hall–Kier alpha value is -10.1. The highest BCUT2D eigenvalue weighted by Gasteiger charge is 2.35. The number of pyridine rings is 4. The molecule has 81 heavy (non-hydrogen) atoms. The van der Waals surface area contributed by atoms with E-state index in [-0.39, 0.29) is 9.79 Å². The van der Waals surface area contributed by atoms with Crippen molar-refractivity contribution in [1.29, 1.82) is 0 Å². The van der Waals surface area contributed by atoms with Gasteiger partial charge in [-0.05, 0) is 133 Å². The maximum absolute atomic E-state index is 18.0. The molecular formula is C68H38N8O2S3. The van der Waals surface area contributed by atoms with Crippen LogP contribution in [-0.2, 0) is 9.84 Å². The summed E-state index contributed by atoms with van der Waals surface area (Å²) < 4.78 is 48.0. The molecule has 0 aliphatic rings. The molecule has 0 aliphatic carbocycles. The van der Waals surface area contributed by atoms with Crippen molar-refractivity contribution in [3.05, 3.63) is 231 Å². The van der Waals surface area contributed by atoms with Gasteiger partial charge in [0.15, 0.2) is 0 Å². The van der Waals surface area contributed by atoms with Gasteiger partial charge in [-0.3, -0.25) is 18.3 Å². The van der Waals surface area contributed by atoms with Crippen molar-refractivity contribution >= 4 is 161 Å². The standard InChI is InChI=1S/C68H38N8O2S3/c77-81(78,63-55(75-53-23-7-3-15-43(53)47-19-11-35-71-67(47)75)27-31-59-61(63)49-37-39(25-29-57(49)79-59)73-51-21-5-1-13-41(51)45-17-9-33-69-65(45)73)64-56(76-54-24-8-4-16-44(54)48-20-12-36-72-68(48)76)28-32-60-62(64)50-38-40(26-30-58(50)80-60)74-52-22-6-2-14-42(52)46-18-10-34-70-66(46)74/h1-38H. The van der Waals surface area contributed by atoms with Crippen molar-refractivity contribution < 1.29 is 8.42 Å². The lowest BCUT2D eigenvalue weighted by atomic mass is 10.1. The van der Waals surface area contributed by atoms with Crippen LogP contribution >= 0.6 is 22.7 Å². The topological polar surface area (TPSA) is 105 Å². The highest BCUT2D eigenvalue weighted by atomic mass is 32.2. The lowest BCUT2D eigenvalue weighted by Gasteiger charge is -2.20. The number of rotatable bonds is 6. The summed E-state index contributed by atoms with van der Waals surface area (Å²) in [4.78, 5) is 20.4. The number of aromatic nitrogens is 8. The Kier molecular flexibility index (Phi) is 9.14. The van der Waals surface area contributed by atoms with E-state index in [1.807, 2.05) is 73.1 Å². The molecule has 0 atom stereocenters. The number of benzene rings is 8. The largest absolute Gasteiger partial charge is 0.294 e. The molecule has 10 aromatic heterocycles. The molecule has 13 heteroatoms. The molecule has 8 aromatic carbocycles. The fourth-order valence-corrected chi connectivity index (χ4v) is 17.5. The second-order valence-electron chi connectivity index (χ2n) is 20.6. The van der Waals surface area contributed by atoms with Gasteiger partial charge in [-0.2, -0.15) is 0 Å². The van der Waals surface area contributed by atoms with Gasteiger partial charge in [0.1, 0.15) is 32.4 Å². The lowest BCUT2D eigenvalue weighted by Crippen LogP contribution is -2.12. The fraction of sp³-hybridized carbons (Fsp3) is 0. The second-order valence-corrected chi connectivity index (χ2v) is 24.5. The van der Waals surface area contributed by atoms with E-state index in [4.69, 9.17) is 19.9 Å². The molecule has 0 fully saturated rings. The van der Waals surface area contributed by atoms with Gasteiger partial charge in [-0.1, -0.05) is 72.8 Å². The third-order valence-corrected chi connectivity index (χ3v) is 20.5. The first kappa shape index (κ1) is 44.9. The maximum atomic E-state index is 18.0. The molecule has 380 valence electrons. The summed E-state index contributed by atoms with van der Waals surface area (Å²) in [5.74, 6) is 0. The molecule has 0 N–H and O–H groups in total. The molecule has 10 heterocycles. The Balaban J connectivity index is 1.02. The fourth-order valence-electron chi connectivity index (χ4n) is 13.1. The highest BCUT2D eigenvalue weighted by molar-refractivity contribution is 7.92. The summed E-state index contributed by atoms with van der Waals surface area (Å²) in [6.07, 6.45) is 7.22. The number of nitrogens with zero attached hydrogens (tertiary/aromatic N) is 8. The first-order valence-electron chi connectivity index (χ1n) is 26.6. The maximum Gasteiger partial charge on any atom is 0.212 e. The van der Waals surface area contributed by atoms with Crippen molar-refractivity contribution in [2.24, 2.45) is 0 Å². The van der Waals surface area contributed by atoms with Crippen LogP contribution in [0.15, 0.2) is 241 Å². The van der Waals surface area contributed by atoms with Gasteiger partial charge >= 0.3 is 0 Å². The molecule has 0 radical (unpaired) electrons. The second kappa shape index (κ2) is 16.5. The molecule has 0 aliphatic heterocycles. The van der Waals surface area contributed by atoms with E-state index < -0.39 is 9.84 Å². The van der Waals surface area contributed by atoms with Crippen molar-refractivity contribution in [2.45, 2.75) is 9.79 Å². The molecule has 0 saturated heterocycles. The third kappa shape index (κ3) is 6.11. The van der Waals surface area contributed by atoms with Crippen LogP contribution in [0.3, 0.4) is 0 Å². The first-order chi connectivity index (χ1) is 40.0. The zero-order chi connectivity index (χ0) is 53.2. The number of fused-ring (bicyclic) bond motifs is 18. The SMILES string of the molecule is O=S(=O)(c1c(-n2c3ccccc3c3cccnc32)ccc2sc3ccc(-n4c5ccccc5c5cccnc54)cc3c12)c1c(-n2c3ccccc3c3cccnc32)ccc2sc3ccc(-n4c5ccccc5c5cccnc54)cc3c12. The molecule has 0 bridgehead atoms. The van der Waals surface area contributed by atoms with Crippen LogP contribution in [0.25, 0.3) is 151 Å². The smallest absolute Gasteiger partial charge is 0.212 e. The van der Waals surface area contributed by atoms with E-state index in [9.17, 15) is 0 Å². The Labute approximate surface area is 467 Å². The summed E-state index contributed by atoms with van der Waals surface area (Å²) in [5, 5.41) is 10.9. The van der Waals surface area contributed by atoms with E-state index in [0.717, 1.165) is 117 Å². The quantitative estimate of drug-likeness (QED) is 0.164. The molecule has 0 amide bonds. The van der Waals surface area contributed by atoms with Crippen LogP contribution in [0.5, 0.6) is 0 Å². The first-order valence-corrected chi connectivity index (χ1v) is 29.7. The Bertz CT molecular complexity index is 5330. The zero-order valence-electron chi connectivity index (χ0n) is 42.6. The van der Waals surface area contributed by atoms with Gasteiger partial charge < -0.3 is 0 Å². The van der Waals surface area contributed by atoms with E-state index in [0.29, 0.717) is 33.4 Å². The summed E-state index contributed by atoms with van der Waals surface area (Å²) in [5.41, 5.74) is 9.37. The van der Waals surface area contributed by atoms with Gasteiger partial charge in [0.25, 0.3) is 0 Å². The summed E-state index contributed by atoms with van der Waals surface area (Å²) in [6.45, 7) is 0. The van der Waals surface area contributed by atoms with Gasteiger partial charge in [-0.15, -0.1) is 22.7 Å². The Morgan fingerprint density at radius 3 is 0.975 bits per heavy atom. The minimum atomic E-state index is -4.70. The van der Waals surface area contributed by atoms with E-state index in [1.54, 1.807) is 35.1 Å². The highest BCUT2D eigenvalue weighted by Crippen LogP contribution is 2.50. The van der Waals surface area contributed by atoms with Gasteiger partial charge in [0, 0.05) is 120 Å². The summed E-state index contributed by atoms with van der Waals surface area (Å²) in [7, 11) is -4.70. The minimum absolute atomic E-state index is 0.182. The number of hydrogen-bond acceptors (Lipinski definition) is 8. The normalized spacial score (nSPS) is 12.5. The van der Waals surface area contributed by atoms with E-state index in [2.05, 4.69) is 164 Å². The predicted molar refractivity (Wildman–Crippen MR) is 333 cm³/mol. The van der Waals surface area contributed by atoms with Crippen LogP contribution < -0.4 is 0 Å². The van der Waals surface area contributed by atoms with Crippen LogP contribution in [0.4, 0.5) is 0 Å². The van der Waals surface area contributed by atoms with Crippen LogP contribution in [-0.4, -0.2) is 46.6 Å². The summed E-state index contributed by atoms with van der Waals surface area (Å²) in [6, 6.07) is 70.2. The van der Waals surface area contributed by atoms with Crippen molar-refractivity contribution in [1.82, 2.24) is 38.2 Å². The van der Waals surface area contributed by atoms with Gasteiger partial charge in [0.05, 0.1) is 33.4 Å². The van der Waals surface area contributed by atoms with E-state index in [1.165, 1.54) is 0 Å². The molecule has 10 nitrogen and oxygen atoms in total.